The van der Waals surface area contributed by atoms with Gasteiger partial charge < -0.3 is 28.4 Å². The molecule has 0 saturated carbocycles. The van der Waals surface area contributed by atoms with Gasteiger partial charge in [0, 0.05) is 58.4 Å². The lowest BCUT2D eigenvalue weighted by Gasteiger charge is -2.38. The SMILES string of the molecule is Cc1cccc(Oc2ccc3c(c2)Oc2cc(Oc4cccc(C)c4)ccc2C3C2c3ccc(Oc4cccc(C)c4)cc3Oc3cc(Oc4cccc(C)c4)ccc32)c1. The first-order chi connectivity index (χ1) is 29.3. The van der Waals surface area contributed by atoms with Crippen molar-refractivity contribution in [3.8, 4) is 69.0 Å². The van der Waals surface area contributed by atoms with Gasteiger partial charge in [0.05, 0.1) is 0 Å². The molecule has 0 bridgehead atoms. The highest BCUT2D eigenvalue weighted by molar-refractivity contribution is 5.66. The van der Waals surface area contributed by atoms with Gasteiger partial charge in [-0.1, -0.05) is 72.8 Å². The second-order valence-electron chi connectivity index (χ2n) is 15.6. The van der Waals surface area contributed by atoms with Crippen molar-refractivity contribution in [2.24, 2.45) is 0 Å². The summed E-state index contributed by atoms with van der Waals surface area (Å²) in [5.74, 6) is 8.19. The molecule has 0 aliphatic carbocycles. The Balaban J connectivity index is 1.11. The second kappa shape index (κ2) is 15.4. The van der Waals surface area contributed by atoms with Crippen LogP contribution < -0.4 is 28.4 Å². The summed E-state index contributed by atoms with van der Waals surface area (Å²) in [4.78, 5) is 0. The van der Waals surface area contributed by atoms with E-state index in [9.17, 15) is 0 Å². The first kappa shape index (κ1) is 36.9. The summed E-state index contributed by atoms with van der Waals surface area (Å²) >= 11 is 0. The van der Waals surface area contributed by atoms with E-state index in [4.69, 9.17) is 28.4 Å². The van der Waals surface area contributed by atoms with Crippen LogP contribution in [0.25, 0.3) is 0 Å². The highest BCUT2D eigenvalue weighted by atomic mass is 16.5. The third-order valence-corrected chi connectivity index (χ3v) is 11.0. The van der Waals surface area contributed by atoms with Crippen LogP contribution in [0.2, 0.25) is 0 Å². The van der Waals surface area contributed by atoms with Crippen molar-refractivity contribution in [1.82, 2.24) is 0 Å². The maximum Gasteiger partial charge on any atom is 0.135 e. The van der Waals surface area contributed by atoms with E-state index in [1.54, 1.807) is 0 Å². The van der Waals surface area contributed by atoms with Crippen LogP contribution in [0, 0.1) is 27.7 Å². The summed E-state index contributed by atoms with van der Waals surface area (Å²) in [6.07, 6.45) is 0. The Morgan fingerprint density at radius 3 is 0.750 bits per heavy atom. The van der Waals surface area contributed by atoms with Gasteiger partial charge in [-0.05, 0) is 123 Å². The van der Waals surface area contributed by atoms with Crippen LogP contribution in [-0.4, -0.2) is 0 Å². The fourth-order valence-electron chi connectivity index (χ4n) is 8.24. The largest absolute Gasteiger partial charge is 0.457 e. The second-order valence-corrected chi connectivity index (χ2v) is 15.6. The van der Waals surface area contributed by atoms with Crippen molar-refractivity contribution in [3.05, 3.63) is 214 Å². The van der Waals surface area contributed by atoms with Crippen molar-refractivity contribution in [1.29, 1.82) is 0 Å². The summed E-state index contributed by atoms with van der Waals surface area (Å²) in [7, 11) is 0. The number of fused-ring (bicyclic) bond motifs is 4. The minimum absolute atomic E-state index is 0.196. The Morgan fingerprint density at radius 1 is 0.283 bits per heavy atom. The quantitative estimate of drug-likeness (QED) is 0.145. The Hall–Kier alpha value is -7.44. The summed E-state index contributed by atoms with van der Waals surface area (Å²) in [6, 6.07) is 56.7. The van der Waals surface area contributed by atoms with E-state index in [0.717, 1.165) is 67.5 Å². The molecule has 0 aromatic heterocycles. The molecule has 2 heterocycles. The van der Waals surface area contributed by atoms with Gasteiger partial charge in [0.25, 0.3) is 0 Å². The van der Waals surface area contributed by atoms with Gasteiger partial charge in [-0.15, -0.1) is 0 Å². The molecule has 0 unspecified atom stereocenters. The van der Waals surface area contributed by atoms with E-state index in [-0.39, 0.29) is 11.8 Å². The number of hydrogen-bond donors (Lipinski definition) is 0. The van der Waals surface area contributed by atoms with Gasteiger partial charge in [0.2, 0.25) is 0 Å². The van der Waals surface area contributed by atoms with E-state index in [1.165, 1.54) is 0 Å². The van der Waals surface area contributed by atoms with Gasteiger partial charge in [-0.25, -0.2) is 0 Å². The Labute approximate surface area is 350 Å². The van der Waals surface area contributed by atoms with E-state index in [0.29, 0.717) is 46.0 Å². The van der Waals surface area contributed by atoms with Gasteiger partial charge in [0.15, 0.2) is 0 Å². The molecule has 2 aliphatic heterocycles. The fourth-order valence-corrected chi connectivity index (χ4v) is 8.24. The molecule has 2 aliphatic rings. The molecule has 0 radical (unpaired) electrons. The van der Waals surface area contributed by atoms with Crippen LogP contribution in [0.5, 0.6) is 69.0 Å². The van der Waals surface area contributed by atoms with E-state index in [2.05, 4.69) is 76.2 Å². The van der Waals surface area contributed by atoms with Crippen LogP contribution in [0.1, 0.15) is 56.3 Å². The molecule has 0 fully saturated rings. The van der Waals surface area contributed by atoms with Gasteiger partial charge in [-0.3, -0.25) is 0 Å². The molecule has 0 saturated heterocycles. The molecule has 60 heavy (non-hydrogen) atoms. The van der Waals surface area contributed by atoms with E-state index >= 15 is 0 Å². The monoisotopic (exact) mass is 786 g/mol. The number of benzene rings is 8. The molecule has 294 valence electrons. The molecular weight excluding hydrogens is 745 g/mol. The average molecular weight is 787 g/mol. The molecule has 0 amide bonds. The highest BCUT2D eigenvalue weighted by Crippen LogP contribution is 2.59. The summed E-state index contributed by atoms with van der Waals surface area (Å²) in [5.41, 5.74) is 8.57. The first-order valence-corrected chi connectivity index (χ1v) is 20.2. The number of rotatable bonds is 9. The highest BCUT2D eigenvalue weighted by Gasteiger charge is 2.41. The number of hydrogen-bond acceptors (Lipinski definition) is 6. The number of aryl methyl sites for hydroxylation is 4. The topological polar surface area (TPSA) is 55.4 Å². The van der Waals surface area contributed by atoms with Crippen LogP contribution in [0.4, 0.5) is 0 Å². The molecule has 6 nitrogen and oxygen atoms in total. The van der Waals surface area contributed by atoms with Crippen molar-refractivity contribution in [2.75, 3.05) is 0 Å². The Kier molecular flexibility index (Phi) is 9.45. The van der Waals surface area contributed by atoms with E-state index in [1.807, 2.05) is 121 Å². The van der Waals surface area contributed by atoms with E-state index < -0.39 is 0 Å². The first-order valence-electron chi connectivity index (χ1n) is 20.2. The molecule has 6 heteroatoms. The van der Waals surface area contributed by atoms with Crippen LogP contribution in [-0.2, 0) is 0 Å². The lowest BCUT2D eigenvalue weighted by Crippen LogP contribution is -2.22. The van der Waals surface area contributed by atoms with Crippen LogP contribution in [0.3, 0.4) is 0 Å². The normalized spacial score (nSPS) is 12.8. The lowest BCUT2D eigenvalue weighted by molar-refractivity contribution is 0.400. The molecule has 8 aromatic carbocycles. The van der Waals surface area contributed by atoms with Crippen LogP contribution >= 0.6 is 0 Å². The minimum atomic E-state index is -0.196. The molecular formula is C54H42O6. The maximum atomic E-state index is 6.84. The third-order valence-electron chi connectivity index (χ3n) is 11.0. The van der Waals surface area contributed by atoms with Crippen molar-refractivity contribution in [3.63, 3.8) is 0 Å². The summed E-state index contributed by atoms with van der Waals surface area (Å²) in [6.45, 7) is 8.22. The smallest absolute Gasteiger partial charge is 0.135 e. The standard InChI is InChI=1S/C54H42O6/c1-33-9-5-13-37(25-33)55-41-17-21-45-49(29-41)59-50-30-42(56-38-14-6-10-34(2)26-38)18-22-46(50)53(45)54-47-23-19-43(57-39-15-7-11-35(3)27-39)31-51(47)60-52-32-44(20-24-48(52)54)58-40-16-8-12-36(4)28-40/h5-32,53-54H,1-4H3. The average Bonchev–Trinajstić information content (AvgIpc) is 3.22. The molecule has 0 spiro atoms. The zero-order valence-electron chi connectivity index (χ0n) is 33.8. The third kappa shape index (κ3) is 7.51. The molecule has 10 rings (SSSR count). The maximum absolute atomic E-state index is 6.84. The van der Waals surface area contributed by atoms with Gasteiger partial charge in [0.1, 0.15) is 69.0 Å². The zero-order valence-corrected chi connectivity index (χ0v) is 33.8. The molecule has 0 atom stereocenters. The van der Waals surface area contributed by atoms with Crippen molar-refractivity contribution >= 4 is 0 Å². The predicted octanol–water partition coefficient (Wildman–Crippen LogP) is 15.3. The fraction of sp³-hybridized carbons (Fsp3) is 0.111. The van der Waals surface area contributed by atoms with Gasteiger partial charge in [-0.2, -0.15) is 0 Å². The Morgan fingerprint density at radius 2 is 0.517 bits per heavy atom. The van der Waals surface area contributed by atoms with Crippen molar-refractivity contribution in [2.45, 2.75) is 39.5 Å². The molecule has 8 aromatic rings. The summed E-state index contributed by atoms with van der Waals surface area (Å²) < 4.78 is 39.3. The predicted molar refractivity (Wildman–Crippen MR) is 235 cm³/mol. The minimum Gasteiger partial charge on any atom is -0.457 e. The lowest BCUT2D eigenvalue weighted by atomic mass is 9.71. The molecule has 0 N–H and O–H groups in total. The van der Waals surface area contributed by atoms with Crippen molar-refractivity contribution < 1.29 is 28.4 Å². The van der Waals surface area contributed by atoms with Gasteiger partial charge >= 0.3 is 0 Å². The van der Waals surface area contributed by atoms with Crippen LogP contribution in [0.15, 0.2) is 170 Å². The summed E-state index contributed by atoms with van der Waals surface area (Å²) in [5, 5.41) is 0. The Bertz CT molecular complexity index is 2520. The number of ether oxygens (including phenoxy) is 6. The zero-order chi connectivity index (χ0) is 40.7.